The molecule has 0 aliphatic rings. The van der Waals surface area contributed by atoms with Crippen LogP contribution in [0, 0.1) is 0 Å². The third-order valence-electron chi connectivity index (χ3n) is 1.83. The second-order valence-corrected chi connectivity index (χ2v) is 4.64. The van der Waals surface area contributed by atoms with Crippen molar-refractivity contribution in [2.45, 2.75) is 32.8 Å². The van der Waals surface area contributed by atoms with Crippen LogP contribution in [0.1, 0.15) is 26.3 Å². The molecule has 0 atom stereocenters. The topological polar surface area (TPSA) is 44.1 Å². The molecule has 1 aromatic heterocycles. The number of carbonyl (C=O) groups is 1. The minimum Gasteiger partial charge on any atom is -0.368 e. The summed E-state index contributed by atoms with van der Waals surface area (Å²) in [5, 5.41) is 4.00. The van der Waals surface area contributed by atoms with Crippen molar-refractivity contribution in [3.8, 4) is 0 Å². The van der Waals surface area contributed by atoms with E-state index in [0.717, 1.165) is 5.56 Å². The molecule has 4 heteroatoms. The van der Waals surface area contributed by atoms with Crippen LogP contribution in [-0.2, 0) is 23.0 Å². The molecule has 4 nitrogen and oxygen atoms in total. The van der Waals surface area contributed by atoms with Gasteiger partial charge in [-0.15, -0.1) is 0 Å². The molecule has 1 aromatic rings. The van der Waals surface area contributed by atoms with E-state index in [-0.39, 0.29) is 18.0 Å². The summed E-state index contributed by atoms with van der Waals surface area (Å²) in [6.45, 7) is 5.97. The van der Waals surface area contributed by atoms with Gasteiger partial charge >= 0.3 is 0 Å². The van der Waals surface area contributed by atoms with Gasteiger partial charge in [-0.1, -0.05) is 0 Å². The molecule has 1 rings (SSSR count). The molecule has 0 aliphatic carbocycles. The first-order valence-electron chi connectivity index (χ1n) is 5.00. The van der Waals surface area contributed by atoms with E-state index in [1.165, 1.54) is 0 Å². The fraction of sp³-hybridized carbons (Fsp3) is 0.636. The third kappa shape index (κ3) is 4.74. The lowest BCUT2D eigenvalue weighted by Crippen LogP contribution is -2.24. The SMILES string of the molecule is Cn1cc(CC(=O)COC(C)(C)C)cn1. The van der Waals surface area contributed by atoms with Gasteiger partial charge in [0, 0.05) is 19.7 Å². The summed E-state index contributed by atoms with van der Waals surface area (Å²) in [5.41, 5.74) is 0.671. The van der Waals surface area contributed by atoms with Gasteiger partial charge in [0.1, 0.15) is 6.61 Å². The highest BCUT2D eigenvalue weighted by molar-refractivity contribution is 5.81. The van der Waals surface area contributed by atoms with Crippen molar-refractivity contribution in [3.63, 3.8) is 0 Å². The Hall–Kier alpha value is -1.16. The minimum absolute atomic E-state index is 0.0814. The molecule has 0 radical (unpaired) electrons. The highest BCUT2D eigenvalue weighted by Gasteiger charge is 2.13. The van der Waals surface area contributed by atoms with Crippen molar-refractivity contribution < 1.29 is 9.53 Å². The zero-order valence-corrected chi connectivity index (χ0v) is 9.78. The van der Waals surface area contributed by atoms with Crippen LogP contribution < -0.4 is 0 Å². The van der Waals surface area contributed by atoms with Crippen molar-refractivity contribution >= 4 is 5.78 Å². The molecular formula is C11H18N2O2. The minimum atomic E-state index is -0.259. The largest absolute Gasteiger partial charge is 0.368 e. The lowest BCUT2D eigenvalue weighted by molar-refractivity contribution is -0.127. The van der Waals surface area contributed by atoms with E-state index >= 15 is 0 Å². The Morgan fingerprint density at radius 3 is 2.67 bits per heavy atom. The summed E-state index contributed by atoms with van der Waals surface area (Å²) < 4.78 is 7.08. The van der Waals surface area contributed by atoms with Gasteiger partial charge in [-0.25, -0.2) is 0 Å². The molecule has 0 N–H and O–H groups in total. The normalized spacial score (nSPS) is 11.7. The van der Waals surface area contributed by atoms with Gasteiger partial charge in [-0.2, -0.15) is 5.10 Å². The molecule has 0 bridgehead atoms. The molecular weight excluding hydrogens is 192 g/mol. The number of carbonyl (C=O) groups excluding carboxylic acids is 1. The van der Waals surface area contributed by atoms with Gasteiger partial charge in [0.05, 0.1) is 11.8 Å². The highest BCUT2D eigenvalue weighted by atomic mass is 16.5. The molecule has 0 spiro atoms. The summed E-state index contributed by atoms with van der Waals surface area (Å²) in [5.74, 6) is 0.0814. The molecule has 0 aromatic carbocycles. The van der Waals surface area contributed by atoms with E-state index in [4.69, 9.17) is 4.74 Å². The van der Waals surface area contributed by atoms with Crippen LogP contribution in [0.15, 0.2) is 12.4 Å². The molecule has 0 saturated carbocycles. The van der Waals surface area contributed by atoms with Crippen molar-refractivity contribution in [2.75, 3.05) is 6.61 Å². The average Bonchev–Trinajstić information content (AvgIpc) is 2.47. The standard InChI is InChI=1S/C11H18N2O2/c1-11(2,3)15-8-10(14)5-9-6-12-13(4)7-9/h6-7H,5,8H2,1-4H3. The first-order chi connectivity index (χ1) is 6.87. The van der Waals surface area contributed by atoms with Crippen molar-refractivity contribution in [2.24, 2.45) is 7.05 Å². The van der Waals surface area contributed by atoms with E-state index in [0.29, 0.717) is 6.42 Å². The first-order valence-corrected chi connectivity index (χ1v) is 5.00. The molecule has 0 saturated heterocycles. The van der Waals surface area contributed by atoms with Crippen LogP contribution in [0.3, 0.4) is 0 Å². The van der Waals surface area contributed by atoms with Gasteiger partial charge < -0.3 is 4.74 Å². The van der Waals surface area contributed by atoms with Crippen LogP contribution >= 0.6 is 0 Å². The summed E-state index contributed by atoms with van der Waals surface area (Å²) >= 11 is 0. The van der Waals surface area contributed by atoms with Crippen LogP contribution in [0.25, 0.3) is 0 Å². The molecule has 0 amide bonds. The van der Waals surface area contributed by atoms with E-state index in [1.54, 1.807) is 10.9 Å². The molecule has 0 fully saturated rings. The monoisotopic (exact) mass is 210 g/mol. The second-order valence-electron chi connectivity index (χ2n) is 4.64. The van der Waals surface area contributed by atoms with Gasteiger partial charge in [0.2, 0.25) is 0 Å². The lowest BCUT2D eigenvalue weighted by atomic mass is 10.1. The summed E-state index contributed by atoms with van der Waals surface area (Å²) in [4.78, 5) is 11.5. The maximum atomic E-state index is 11.5. The van der Waals surface area contributed by atoms with Gasteiger partial charge in [-0.3, -0.25) is 9.48 Å². The number of rotatable bonds is 4. The zero-order valence-electron chi connectivity index (χ0n) is 9.78. The molecule has 0 aliphatic heterocycles. The second kappa shape index (κ2) is 4.57. The van der Waals surface area contributed by atoms with E-state index in [1.807, 2.05) is 34.0 Å². The molecule has 1 heterocycles. The van der Waals surface area contributed by atoms with Gasteiger partial charge in [0.15, 0.2) is 5.78 Å². The van der Waals surface area contributed by atoms with Crippen LogP contribution in [0.5, 0.6) is 0 Å². The summed E-state index contributed by atoms with van der Waals surface area (Å²) in [6, 6.07) is 0. The fourth-order valence-corrected chi connectivity index (χ4v) is 1.14. The number of Topliss-reactive ketones (excluding diaryl/α,β-unsaturated/α-hetero) is 1. The van der Waals surface area contributed by atoms with Crippen LogP contribution in [0.4, 0.5) is 0 Å². The Morgan fingerprint density at radius 1 is 1.53 bits per heavy atom. The molecule has 84 valence electrons. The number of ether oxygens (including phenoxy) is 1. The quantitative estimate of drug-likeness (QED) is 0.753. The number of nitrogens with zero attached hydrogens (tertiary/aromatic N) is 2. The van der Waals surface area contributed by atoms with Crippen molar-refractivity contribution in [1.82, 2.24) is 9.78 Å². The van der Waals surface area contributed by atoms with Crippen LogP contribution in [0.2, 0.25) is 0 Å². The maximum absolute atomic E-state index is 11.5. The number of aromatic nitrogens is 2. The Bertz CT molecular complexity index is 337. The fourth-order valence-electron chi connectivity index (χ4n) is 1.14. The van der Waals surface area contributed by atoms with E-state index in [2.05, 4.69) is 5.10 Å². The van der Waals surface area contributed by atoms with Crippen molar-refractivity contribution in [1.29, 1.82) is 0 Å². The molecule has 15 heavy (non-hydrogen) atoms. The lowest BCUT2D eigenvalue weighted by Gasteiger charge is -2.18. The van der Waals surface area contributed by atoms with Crippen LogP contribution in [-0.4, -0.2) is 27.8 Å². The number of hydrogen-bond donors (Lipinski definition) is 0. The zero-order chi connectivity index (χ0) is 11.5. The number of aryl methyl sites for hydroxylation is 1. The maximum Gasteiger partial charge on any atom is 0.162 e. The van der Waals surface area contributed by atoms with E-state index < -0.39 is 0 Å². The number of hydrogen-bond acceptors (Lipinski definition) is 3. The summed E-state index contributed by atoms with van der Waals surface area (Å²) in [7, 11) is 1.83. The Labute approximate surface area is 90.2 Å². The third-order valence-corrected chi connectivity index (χ3v) is 1.83. The van der Waals surface area contributed by atoms with Gasteiger partial charge in [0.25, 0.3) is 0 Å². The Balaban J connectivity index is 2.37. The highest BCUT2D eigenvalue weighted by Crippen LogP contribution is 2.07. The number of ketones is 1. The summed E-state index contributed by atoms with van der Waals surface area (Å²) in [6.07, 6.45) is 3.94. The Morgan fingerprint density at radius 2 is 2.20 bits per heavy atom. The van der Waals surface area contributed by atoms with Crippen molar-refractivity contribution in [3.05, 3.63) is 18.0 Å². The smallest absolute Gasteiger partial charge is 0.162 e. The first kappa shape index (κ1) is 11.9. The van der Waals surface area contributed by atoms with E-state index in [9.17, 15) is 4.79 Å². The molecule has 0 unspecified atom stereocenters. The van der Waals surface area contributed by atoms with Gasteiger partial charge in [-0.05, 0) is 26.3 Å². The Kier molecular flexibility index (Phi) is 3.63. The predicted octanol–water partition coefficient (Wildman–Crippen LogP) is 1.35. The predicted molar refractivity (Wildman–Crippen MR) is 57.6 cm³/mol. The average molecular weight is 210 g/mol.